The van der Waals surface area contributed by atoms with Gasteiger partial charge in [-0.3, -0.25) is 4.79 Å². The molecule has 2 aromatic heterocycles. The van der Waals surface area contributed by atoms with Gasteiger partial charge in [-0.1, -0.05) is 6.07 Å². The summed E-state index contributed by atoms with van der Waals surface area (Å²) in [4.78, 5) is 23.3. The van der Waals surface area contributed by atoms with Crippen LogP contribution in [0.1, 0.15) is 10.5 Å². The van der Waals surface area contributed by atoms with Crippen LogP contribution < -0.4 is 21.3 Å². The van der Waals surface area contributed by atoms with E-state index in [1.54, 1.807) is 30.9 Å². The number of furan rings is 1. The highest BCUT2D eigenvalue weighted by Gasteiger charge is 2.15. The topological polar surface area (TPSA) is 109 Å². The van der Waals surface area contributed by atoms with Gasteiger partial charge in [-0.25, -0.2) is 9.97 Å². The first kappa shape index (κ1) is 17.0. The number of rotatable bonds is 4. The standard InChI is InChI=1S/C19H20N6O2/c20-15-2-1-13(14-3-8-27-12-14)9-16(15)24-19(26)17-10-23-18(11-22-17)25-6-4-21-5-7-25/h1-3,8-12,21H,4-7,20H2,(H,24,26). The summed E-state index contributed by atoms with van der Waals surface area (Å²) < 4.78 is 5.11. The van der Waals surface area contributed by atoms with Gasteiger partial charge in [0, 0.05) is 31.7 Å². The molecule has 0 saturated carbocycles. The SMILES string of the molecule is Nc1ccc(-c2ccoc2)cc1NC(=O)c1cnc(N2CCNCC2)cn1. The van der Waals surface area contributed by atoms with Crippen LogP contribution >= 0.6 is 0 Å². The van der Waals surface area contributed by atoms with Crippen LogP contribution in [0.3, 0.4) is 0 Å². The lowest BCUT2D eigenvalue weighted by Gasteiger charge is -2.27. The lowest BCUT2D eigenvalue weighted by Crippen LogP contribution is -2.44. The van der Waals surface area contributed by atoms with Gasteiger partial charge in [-0.05, 0) is 23.8 Å². The van der Waals surface area contributed by atoms with Crippen LogP contribution in [0.25, 0.3) is 11.1 Å². The Bertz CT molecular complexity index is 918. The first-order valence-electron chi connectivity index (χ1n) is 8.72. The zero-order valence-corrected chi connectivity index (χ0v) is 14.7. The molecule has 3 heterocycles. The summed E-state index contributed by atoms with van der Waals surface area (Å²) in [5.41, 5.74) is 9.04. The Hall–Kier alpha value is -3.39. The third kappa shape index (κ3) is 3.75. The summed E-state index contributed by atoms with van der Waals surface area (Å²) in [6.07, 6.45) is 6.35. The molecule has 0 bridgehead atoms. The molecule has 1 saturated heterocycles. The Morgan fingerprint density at radius 2 is 2.00 bits per heavy atom. The second kappa shape index (κ2) is 7.46. The number of nitrogen functional groups attached to an aromatic ring is 1. The molecule has 1 fully saturated rings. The van der Waals surface area contributed by atoms with Crippen LogP contribution in [0.15, 0.2) is 53.6 Å². The van der Waals surface area contributed by atoms with Gasteiger partial charge in [-0.15, -0.1) is 0 Å². The first-order valence-corrected chi connectivity index (χ1v) is 8.72. The number of piperazine rings is 1. The van der Waals surface area contributed by atoms with E-state index in [0.29, 0.717) is 11.4 Å². The molecule has 138 valence electrons. The van der Waals surface area contributed by atoms with Gasteiger partial charge in [0.05, 0.1) is 36.3 Å². The lowest BCUT2D eigenvalue weighted by atomic mass is 10.1. The van der Waals surface area contributed by atoms with Crippen molar-refractivity contribution in [2.45, 2.75) is 0 Å². The molecule has 3 aromatic rings. The van der Waals surface area contributed by atoms with Crippen molar-refractivity contribution in [2.24, 2.45) is 0 Å². The second-order valence-electron chi connectivity index (χ2n) is 6.27. The number of benzene rings is 1. The average molecular weight is 364 g/mol. The third-order valence-corrected chi connectivity index (χ3v) is 4.47. The van der Waals surface area contributed by atoms with E-state index in [9.17, 15) is 4.79 Å². The molecule has 1 aliphatic heterocycles. The maximum atomic E-state index is 12.5. The zero-order chi connectivity index (χ0) is 18.6. The molecule has 8 heteroatoms. The van der Waals surface area contributed by atoms with Gasteiger partial charge >= 0.3 is 0 Å². The summed E-state index contributed by atoms with van der Waals surface area (Å²) in [7, 11) is 0. The number of nitrogens with one attached hydrogen (secondary N) is 2. The van der Waals surface area contributed by atoms with Crippen LogP contribution in [0.5, 0.6) is 0 Å². The molecule has 1 aliphatic rings. The number of hydrogen-bond acceptors (Lipinski definition) is 7. The Morgan fingerprint density at radius 3 is 2.70 bits per heavy atom. The second-order valence-corrected chi connectivity index (χ2v) is 6.27. The number of nitrogens with zero attached hydrogens (tertiary/aromatic N) is 3. The van der Waals surface area contributed by atoms with Crippen molar-refractivity contribution in [1.29, 1.82) is 0 Å². The van der Waals surface area contributed by atoms with E-state index < -0.39 is 0 Å². The molecule has 0 aliphatic carbocycles. The van der Waals surface area contributed by atoms with E-state index in [2.05, 4.69) is 25.5 Å². The number of anilines is 3. The largest absolute Gasteiger partial charge is 0.472 e. The van der Waals surface area contributed by atoms with Crippen LogP contribution in [0, 0.1) is 0 Å². The molecule has 0 spiro atoms. The molecule has 0 radical (unpaired) electrons. The van der Waals surface area contributed by atoms with Crippen molar-refractivity contribution in [1.82, 2.24) is 15.3 Å². The Balaban J connectivity index is 1.49. The number of hydrogen-bond donors (Lipinski definition) is 3. The van der Waals surface area contributed by atoms with Crippen molar-refractivity contribution < 1.29 is 9.21 Å². The van der Waals surface area contributed by atoms with E-state index in [1.807, 2.05) is 12.1 Å². The van der Waals surface area contributed by atoms with E-state index in [1.165, 1.54) is 6.20 Å². The highest BCUT2D eigenvalue weighted by molar-refractivity contribution is 6.04. The molecular formula is C19H20N6O2. The van der Waals surface area contributed by atoms with Crippen LogP contribution in [-0.2, 0) is 0 Å². The highest BCUT2D eigenvalue weighted by Crippen LogP contribution is 2.27. The zero-order valence-electron chi connectivity index (χ0n) is 14.7. The molecule has 1 aromatic carbocycles. The highest BCUT2D eigenvalue weighted by atomic mass is 16.3. The van der Waals surface area contributed by atoms with Crippen LogP contribution in [0.2, 0.25) is 0 Å². The molecule has 0 atom stereocenters. The first-order chi connectivity index (χ1) is 13.2. The van der Waals surface area contributed by atoms with Crippen LogP contribution in [-0.4, -0.2) is 42.1 Å². The fraction of sp³-hybridized carbons (Fsp3) is 0.211. The van der Waals surface area contributed by atoms with Gasteiger partial charge in [-0.2, -0.15) is 0 Å². The van der Waals surface area contributed by atoms with Crippen molar-refractivity contribution >= 4 is 23.1 Å². The molecule has 0 unspecified atom stereocenters. The summed E-state index contributed by atoms with van der Waals surface area (Å²) in [6, 6.07) is 7.27. The molecule has 4 N–H and O–H groups in total. The summed E-state index contributed by atoms with van der Waals surface area (Å²) in [5.74, 6) is 0.417. The number of aromatic nitrogens is 2. The number of carbonyl (C=O) groups is 1. The van der Waals surface area contributed by atoms with E-state index >= 15 is 0 Å². The van der Waals surface area contributed by atoms with Gasteiger partial charge < -0.3 is 25.7 Å². The van der Waals surface area contributed by atoms with Crippen molar-refractivity contribution in [3.8, 4) is 11.1 Å². The maximum Gasteiger partial charge on any atom is 0.275 e. The van der Waals surface area contributed by atoms with Gasteiger partial charge in [0.15, 0.2) is 0 Å². The fourth-order valence-electron chi connectivity index (χ4n) is 2.95. The Labute approximate surface area is 156 Å². The summed E-state index contributed by atoms with van der Waals surface area (Å²) >= 11 is 0. The average Bonchev–Trinajstić information content (AvgIpc) is 3.25. The lowest BCUT2D eigenvalue weighted by molar-refractivity contribution is 0.102. The molecule has 4 rings (SSSR count). The van der Waals surface area contributed by atoms with Gasteiger partial charge in [0.2, 0.25) is 0 Å². The number of nitrogens with two attached hydrogens (primary N) is 1. The normalized spacial score (nSPS) is 14.1. The van der Waals surface area contributed by atoms with Gasteiger partial charge in [0.1, 0.15) is 11.5 Å². The molecular weight excluding hydrogens is 344 g/mol. The van der Waals surface area contributed by atoms with Crippen molar-refractivity contribution in [2.75, 3.05) is 42.1 Å². The van der Waals surface area contributed by atoms with E-state index in [4.69, 9.17) is 10.2 Å². The van der Waals surface area contributed by atoms with Crippen molar-refractivity contribution in [3.63, 3.8) is 0 Å². The predicted octanol–water partition coefficient (Wildman–Crippen LogP) is 1.98. The minimum Gasteiger partial charge on any atom is -0.472 e. The monoisotopic (exact) mass is 364 g/mol. The smallest absolute Gasteiger partial charge is 0.275 e. The van der Waals surface area contributed by atoms with Crippen molar-refractivity contribution in [3.05, 3.63) is 54.9 Å². The van der Waals surface area contributed by atoms with Crippen LogP contribution in [0.4, 0.5) is 17.2 Å². The number of carbonyl (C=O) groups excluding carboxylic acids is 1. The molecule has 27 heavy (non-hydrogen) atoms. The van der Waals surface area contributed by atoms with E-state index in [0.717, 1.165) is 43.1 Å². The Morgan fingerprint density at radius 1 is 1.15 bits per heavy atom. The third-order valence-electron chi connectivity index (χ3n) is 4.47. The maximum absolute atomic E-state index is 12.5. The molecule has 8 nitrogen and oxygen atoms in total. The molecule has 1 amide bonds. The summed E-state index contributed by atoms with van der Waals surface area (Å²) in [6.45, 7) is 3.57. The fourth-order valence-corrected chi connectivity index (χ4v) is 2.95. The quantitative estimate of drug-likeness (QED) is 0.607. The predicted molar refractivity (Wildman–Crippen MR) is 104 cm³/mol. The number of amides is 1. The Kier molecular flexibility index (Phi) is 4.71. The van der Waals surface area contributed by atoms with Gasteiger partial charge in [0.25, 0.3) is 5.91 Å². The van der Waals surface area contributed by atoms with E-state index in [-0.39, 0.29) is 11.6 Å². The minimum atomic E-state index is -0.356. The minimum absolute atomic E-state index is 0.238. The summed E-state index contributed by atoms with van der Waals surface area (Å²) in [5, 5.41) is 6.10.